The molecule has 1 fully saturated rings. The van der Waals surface area contributed by atoms with Crippen molar-refractivity contribution in [2.24, 2.45) is 0 Å². The number of hydrogen-bond acceptors (Lipinski definition) is 3. The van der Waals surface area contributed by atoms with Gasteiger partial charge in [-0.05, 0) is 31.4 Å². The molecule has 0 aliphatic carbocycles. The van der Waals surface area contributed by atoms with Gasteiger partial charge in [0.2, 0.25) is 5.91 Å². The van der Waals surface area contributed by atoms with Gasteiger partial charge in [0.25, 0.3) is 0 Å². The van der Waals surface area contributed by atoms with E-state index in [-0.39, 0.29) is 17.7 Å². The third kappa shape index (κ3) is 3.88. The number of carbonyl (C=O) groups excluding carboxylic acids is 2. The summed E-state index contributed by atoms with van der Waals surface area (Å²) < 4.78 is 0. The standard InChI is InChI=1S/C20H22N2O2/c1-15-9-10-16(14-21-15)12-20(24)22-11-5-8-18(22)13-19(23)17-6-3-2-4-7-17/h2-4,6-7,9-10,14,18H,5,8,11-13H2,1H3/t18-/m1/s1. The lowest BCUT2D eigenvalue weighted by atomic mass is 10.0. The topological polar surface area (TPSA) is 50.3 Å². The van der Waals surface area contributed by atoms with E-state index in [4.69, 9.17) is 0 Å². The molecule has 1 amide bonds. The molecular weight excluding hydrogens is 300 g/mol. The molecule has 0 spiro atoms. The molecule has 0 N–H and O–H groups in total. The molecule has 0 saturated carbocycles. The van der Waals surface area contributed by atoms with Gasteiger partial charge in [0.15, 0.2) is 5.78 Å². The Kier molecular flexibility index (Phi) is 5.04. The SMILES string of the molecule is Cc1ccc(CC(=O)N2CCC[C@@H]2CC(=O)c2ccccc2)cn1. The third-order valence-electron chi connectivity index (χ3n) is 4.54. The van der Waals surface area contributed by atoms with Crippen LogP contribution in [0.1, 0.15) is 40.9 Å². The van der Waals surface area contributed by atoms with E-state index in [0.29, 0.717) is 12.8 Å². The van der Waals surface area contributed by atoms with E-state index < -0.39 is 0 Å². The van der Waals surface area contributed by atoms with Gasteiger partial charge in [-0.3, -0.25) is 14.6 Å². The lowest BCUT2D eigenvalue weighted by Gasteiger charge is -2.24. The zero-order valence-corrected chi connectivity index (χ0v) is 13.9. The predicted molar refractivity (Wildman–Crippen MR) is 92.8 cm³/mol. The molecule has 1 aromatic heterocycles. The van der Waals surface area contributed by atoms with Gasteiger partial charge in [-0.2, -0.15) is 0 Å². The van der Waals surface area contributed by atoms with Gasteiger partial charge in [-0.25, -0.2) is 0 Å². The highest BCUT2D eigenvalue weighted by atomic mass is 16.2. The average Bonchev–Trinajstić information content (AvgIpc) is 3.06. The van der Waals surface area contributed by atoms with Crippen molar-refractivity contribution in [1.82, 2.24) is 9.88 Å². The van der Waals surface area contributed by atoms with Crippen molar-refractivity contribution >= 4 is 11.7 Å². The summed E-state index contributed by atoms with van der Waals surface area (Å²) in [6.07, 6.45) is 4.37. The first kappa shape index (κ1) is 16.4. The first-order chi connectivity index (χ1) is 11.6. The Morgan fingerprint density at radius 3 is 2.67 bits per heavy atom. The summed E-state index contributed by atoms with van der Waals surface area (Å²) in [5.74, 6) is 0.196. The number of Topliss-reactive ketones (excluding diaryl/α,β-unsaturated/α-hetero) is 1. The maximum atomic E-state index is 12.6. The third-order valence-corrected chi connectivity index (χ3v) is 4.54. The molecule has 2 aromatic rings. The van der Waals surface area contributed by atoms with Gasteiger partial charge in [0.05, 0.1) is 6.42 Å². The van der Waals surface area contributed by atoms with Crippen molar-refractivity contribution < 1.29 is 9.59 Å². The van der Waals surface area contributed by atoms with Crippen molar-refractivity contribution in [1.29, 1.82) is 0 Å². The number of carbonyl (C=O) groups is 2. The summed E-state index contributed by atoms with van der Waals surface area (Å²) in [7, 11) is 0. The van der Waals surface area contributed by atoms with Gasteiger partial charge < -0.3 is 4.90 Å². The molecule has 1 atom stereocenters. The molecule has 4 heteroatoms. The van der Waals surface area contributed by atoms with E-state index in [2.05, 4.69) is 4.98 Å². The molecule has 1 aromatic carbocycles. The number of benzene rings is 1. The fourth-order valence-corrected chi connectivity index (χ4v) is 3.21. The summed E-state index contributed by atoms with van der Waals surface area (Å²) in [6.45, 7) is 2.67. The Hall–Kier alpha value is -2.49. The van der Waals surface area contributed by atoms with Gasteiger partial charge in [0.1, 0.15) is 0 Å². The number of likely N-dealkylation sites (tertiary alicyclic amines) is 1. The second kappa shape index (κ2) is 7.39. The number of pyridine rings is 1. The summed E-state index contributed by atoms with van der Waals surface area (Å²) in [5, 5.41) is 0. The van der Waals surface area contributed by atoms with E-state index in [9.17, 15) is 9.59 Å². The van der Waals surface area contributed by atoms with Crippen LogP contribution in [0.5, 0.6) is 0 Å². The van der Waals surface area contributed by atoms with E-state index >= 15 is 0 Å². The predicted octanol–water partition coefficient (Wildman–Crippen LogP) is 3.20. The molecule has 1 aliphatic rings. The number of hydrogen-bond donors (Lipinski definition) is 0. The summed E-state index contributed by atoms with van der Waals surface area (Å²) in [4.78, 5) is 31.1. The Bertz CT molecular complexity index is 710. The maximum Gasteiger partial charge on any atom is 0.227 e. The Balaban J connectivity index is 1.63. The van der Waals surface area contributed by atoms with Crippen LogP contribution >= 0.6 is 0 Å². The molecule has 24 heavy (non-hydrogen) atoms. The number of rotatable bonds is 5. The van der Waals surface area contributed by atoms with Crippen molar-refractivity contribution in [3.63, 3.8) is 0 Å². The number of ketones is 1. The minimum absolute atomic E-state index is 0.0172. The number of aromatic nitrogens is 1. The first-order valence-corrected chi connectivity index (χ1v) is 8.43. The van der Waals surface area contributed by atoms with Crippen LogP contribution in [-0.2, 0) is 11.2 Å². The van der Waals surface area contributed by atoms with Crippen molar-refractivity contribution in [2.45, 2.75) is 38.6 Å². The van der Waals surface area contributed by atoms with Crippen LogP contribution in [0.15, 0.2) is 48.7 Å². The molecule has 0 bridgehead atoms. The van der Waals surface area contributed by atoms with Crippen LogP contribution in [0.3, 0.4) is 0 Å². The Labute approximate surface area is 142 Å². The molecular formula is C20H22N2O2. The fourth-order valence-electron chi connectivity index (χ4n) is 3.21. The second-order valence-corrected chi connectivity index (χ2v) is 6.36. The molecule has 2 heterocycles. The Morgan fingerprint density at radius 2 is 1.96 bits per heavy atom. The molecule has 1 saturated heterocycles. The molecule has 124 valence electrons. The highest BCUT2D eigenvalue weighted by molar-refractivity contribution is 5.96. The smallest absolute Gasteiger partial charge is 0.227 e. The van der Waals surface area contributed by atoms with Crippen molar-refractivity contribution in [3.05, 3.63) is 65.5 Å². The molecule has 0 unspecified atom stereocenters. The Morgan fingerprint density at radius 1 is 1.17 bits per heavy atom. The van der Waals surface area contributed by atoms with E-state index in [1.165, 1.54) is 0 Å². The molecule has 4 nitrogen and oxygen atoms in total. The lowest BCUT2D eigenvalue weighted by Crippen LogP contribution is -2.37. The zero-order chi connectivity index (χ0) is 16.9. The van der Waals surface area contributed by atoms with Gasteiger partial charge in [-0.15, -0.1) is 0 Å². The summed E-state index contributed by atoms with van der Waals surface area (Å²) >= 11 is 0. The minimum Gasteiger partial charge on any atom is -0.339 e. The van der Waals surface area contributed by atoms with Crippen LogP contribution in [-0.4, -0.2) is 34.2 Å². The molecule has 3 rings (SSSR count). The zero-order valence-electron chi connectivity index (χ0n) is 13.9. The van der Waals surface area contributed by atoms with Crippen LogP contribution < -0.4 is 0 Å². The van der Waals surface area contributed by atoms with E-state index in [1.807, 2.05) is 54.3 Å². The van der Waals surface area contributed by atoms with Crippen molar-refractivity contribution in [2.75, 3.05) is 6.54 Å². The lowest BCUT2D eigenvalue weighted by molar-refractivity contribution is -0.131. The normalized spacial score (nSPS) is 17.0. The van der Waals surface area contributed by atoms with Gasteiger partial charge in [-0.1, -0.05) is 36.4 Å². The average molecular weight is 322 g/mol. The summed E-state index contributed by atoms with van der Waals surface area (Å²) in [5.41, 5.74) is 2.59. The van der Waals surface area contributed by atoms with Crippen LogP contribution in [0.4, 0.5) is 0 Å². The van der Waals surface area contributed by atoms with E-state index in [1.54, 1.807) is 6.20 Å². The number of amides is 1. The first-order valence-electron chi connectivity index (χ1n) is 8.43. The van der Waals surface area contributed by atoms with E-state index in [0.717, 1.165) is 36.2 Å². The number of nitrogens with zero attached hydrogens (tertiary/aromatic N) is 2. The quantitative estimate of drug-likeness (QED) is 0.794. The molecule has 1 aliphatic heterocycles. The minimum atomic E-state index is 0.0172. The maximum absolute atomic E-state index is 12.6. The van der Waals surface area contributed by atoms with Crippen molar-refractivity contribution in [3.8, 4) is 0 Å². The highest BCUT2D eigenvalue weighted by Crippen LogP contribution is 2.23. The van der Waals surface area contributed by atoms with Crippen LogP contribution in [0.2, 0.25) is 0 Å². The monoisotopic (exact) mass is 322 g/mol. The molecule has 0 radical (unpaired) electrons. The van der Waals surface area contributed by atoms with Crippen LogP contribution in [0.25, 0.3) is 0 Å². The second-order valence-electron chi connectivity index (χ2n) is 6.36. The largest absolute Gasteiger partial charge is 0.339 e. The fraction of sp³-hybridized carbons (Fsp3) is 0.350. The van der Waals surface area contributed by atoms with Crippen LogP contribution in [0, 0.1) is 6.92 Å². The van der Waals surface area contributed by atoms with Gasteiger partial charge >= 0.3 is 0 Å². The van der Waals surface area contributed by atoms with Gasteiger partial charge in [0, 0.05) is 36.5 Å². The highest BCUT2D eigenvalue weighted by Gasteiger charge is 2.30. The summed E-state index contributed by atoms with van der Waals surface area (Å²) in [6, 6.07) is 13.2. The number of aryl methyl sites for hydroxylation is 1.